The number of hydrogen-bond donors (Lipinski definition) is 0. The van der Waals surface area contributed by atoms with Crippen LogP contribution in [0.4, 0.5) is 0 Å². The number of rotatable bonds is 4. The second-order valence-corrected chi connectivity index (χ2v) is 13.8. The molecule has 0 bridgehead atoms. The van der Waals surface area contributed by atoms with Gasteiger partial charge in [-0.15, -0.1) is 0 Å². The Balaban J connectivity index is 2.46. The first-order valence-corrected chi connectivity index (χ1v) is 12.4. The van der Waals surface area contributed by atoms with Gasteiger partial charge in [0, 0.05) is 0 Å². The van der Waals surface area contributed by atoms with E-state index in [-0.39, 0.29) is 0 Å². The van der Waals surface area contributed by atoms with E-state index in [1.165, 1.54) is 33.8 Å². The zero-order chi connectivity index (χ0) is 14.0. The Morgan fingerprint density at radius 3 is 2.47 bits per heavy atom. The molecule has 19 heavy (non-hydrogen) atoms. The van der Waals surface area contributed by atoms with E-state index < -0.39 is 8.07 Å². The van der Waals surface area contributed by atoms with E-state index >= 15 is 0 Å². The van der Waals surface area contributed by atoms with Crippen LogP contribution >= 0.6 is 11.8 Å². The summed E-state index contributed by atoms with van der Waals surface area (Å²) in [4.78, 5) is 1.50. The van der Waals surface area contributed by atoms with Crippen molar-refractivity contribution in [1.82, 2.24) is 0 Å². The third kappa shape index (κ3) is 3.39. The molecule has 0 atom stereocenters. The van der Waals surface area contributed by atoms with Crippen LogP contribution < -0.4 is 5.19 Å². The van der Waals surface area contributed by atoms with E-state index in [9.17, 15) is 0 Å². The Morgan fingerprint density at radius 1 is 1.21 bits per heavy atom. The fourth-order valence-corrected chi connectivity index (χ4v) is 11.1. The van der Waals surface area contributed by atoms with Crippen LogP contribution in [0.3, 0.4) is 0 Å². The molecule has 0 saturated carbocycles. The molecule has 0 nitrogen and oxygen atoms in total. The van der Waals surface area contributed by atoms with Crippen LogP contribution in [0, 0.1) is 0 Å². The fourth-order valence-electron chi connectivity index (χ4n) is 2.62. The van der Waals surface area contributed by atoms with E-state index in [4.69, 9.17) is 0 Å². The standard InChI is InChI=1S/C16H21SSi.Sn.H/c1-13(2)17-15-11-7-8-12-16(15)18(3,4)14-9-5-6-10-14;;/h5,7-9,11-13H,6H2,1-4H3;;. The quantitative estimate of drug-likeness (QED) is 0.555. The SMILES string of the molecule is CC(C)Sc1ccccc1[Si](C)(C)C1=[C]([SnH])CC=C1. The van der Waals surface area contributed by atoms with Gasteiger partial charge in [0.25, 0.3) is 0 Å². The average Bonchev–Trinajstić information content (AvgIpc) is 2.76. The van der Waals surface area contributed by atoms with Gasteiger partial charge in [-0.3, -0.25) is 0 Å². The maximum atomic E-state index is 2.51. The van der Waals surface area contributed by atoms with Crippen LogP contribution in [-0.4, -0.2) is 35.8 Å². The van der Waals surface area contributed by atoms with Crippen molar-refractivity contribution < 1.29 is 0 Å². The van der Waals surface area contributed by atoms with Crippen molar-refractivity contribution in [3.63, 3.8) is 0 Å². The van der Waals surface area contributed by atoms with Crippen molar-refractivity contribution >= 4 is 47.5 Å². The van der Waals surface area contributed by atoms with Gasteiger partial charge >= 0.3 is 136 Å². The fraction of sp³-hybridized carbons (Fsp3) is 0.375. The summed E-state index contributed by atoms with van der Waals surface area (Å²) in [6, 6.07) is 9.06. The Labute approximate surface area is 135 Å². The Morgan fingerprint density at radius 2 is 1.89 bits per heavy atom. The molecule has 2 rings (SSSR count). The van der Waals surface area contributed by atoms with Gasteiger partial charge in [-0.25, -0.2) is 0 Å². The van der Waals surface area contributed by atoms with E-state index in [0.29, 0.717) is 5.25 Å². The van der Waals surface area contributed by atoms with E-state index in [1.807, 2.05) is 11.8 Å². The topological polar surface area (TPSA) is 0 Å². The maximum absolute atomic E-state index is 2.51. The average molecular weight is 393 g/mol. The van der Waals surface area contributed by atoms with Crippen molar-refractivity contribution in [3.05, 3.63) is 45.2 Å². The van der Waals surface area contributed by atoms with Gasteiger partial charge in [0.1, 0.15) is 0 Å². The summed E-state index contributed by atoms with van der Waals surface area (Å²) in [6.07, 6.45) is 5.96. The Hall–Kier alpha value is 0.0656. The van der Waals surface area contributed by atoms with Gasteiger partial charge in [0.15, 0.2) is 0 Å². The molecule has 1 aliphatic carbocycles. The minimum atomic E-state index is -1.52. The first-order valence-electron chi connectivity index (χ1n) is 6.84. The van der Waals surface area contributed by atoms with E-state index in [0.717, 1.165) is 0 Å². The van der Waals surface area contributed by atoms with Crippen molar-refractivity contribution in [2.45, 2.75) is 43.5 Å². The molecule has 0 unspecified atom stereocenters. The molecule has 0 spiro atoms. The van der Waals surface area contributed by atoms with E-state index in [2.05, 4.69) is 63.4 Å². The molecule has 0 aromatic heterocycles. The predicted octanol–water partition coefficient (Wildman–Crippen LogP) is 3.76. The molecular formula is C16H22SSiSn. The van der Waals surface area contributed by atoms with Gasteiger partial charge < -0.3 is 0 Å². The predicted molar refractivity (Wildman–Crippen MR) is 92.5 cm³/mol. The van der Waals surface area contributed by atoms with Gasteiger partial charge in [0.2, 0.25) is 0 Å². The molecule has 1 aromatic rings. The van der Waals surface area contributed by atoms with Crippen LogP contribution in [0.5, 0.6) is 0 Å². The van der Waals surface area contributed by atoms with Gasteiger partial charge in [-0.2, -0.15) is 0 Å². The van der Waals surface area contributed by atoms with Crippen molar-refractivity contribution in [2.75, 3.05) is 0 Å². The van der Waals surface area contributed by atoms with Crippen LogP contribution in [0.2, 0.25) is 13.1 Å². The molecule has 1 aromatic carbocycles. The summed E-state index contributed by atoms with van der Waals surface area (Å²) in [7, 11) is -1.52. The molecular weight excluding hydrogens is 371 g/mol. The van der Waals surface area contributed by atoms with Crippen molar-refractivity contribution in [3.8, 4) is 0 Å². The molecule has 3 heteroatoms. The van der Waals surface area contributed by atoms with Gasteiger partial charge in [-0.1, -0.05) is 0 Å². The van der Waals surface area contributed by atoms with E-state index in [1.54, 1.807) is 14.0 Å². The van der Waals surface area contributed by atoms with Crippen LogP contribution in [0.15, 0.2) is 50.1 Å². The third-order valence-electron chi connectivity index (χ3n) is 3.56. The molecule has 0 saturated heterocycles. The molecule has 0 heterocycles. The number of thioether (sulfide) groups is 1. The number of hydrogen-bond acceptors (Lipinski definition) is 1. The second kappa shape index (κ2) is 6.23. The zero-order valence-corrected chi connectivity index (χ0v) is 17.3. The summed E-state index contributed by atoms with van der Waals surface area (Å²) in [5, 5.41) is 3.95. The zero-order valence-electron chi connectivity index (χ0n) is 12.2. The summed E-state index contributed by atoms with van der Waals surface area (Å²) in [5.41, 5.74) is 0. The van der Waals surface area contributed by atoms with Gasteiger partial charge in [0.05, 0.1) is 0 Å². The molecule has 100 valence electrons. The molecule has 0 N–H and O–H groups in total. The van der Waals surface area contributed by atoms with Crippen LogP contribution in [0.1, 0.15) is 20.3 Å². The normalized spacial score (nSPS) is 15.7. The molecule has 1 aliphatic rings. The third-order valence-corrected chi connectivity index (χ3v) is 10.8. The number of benzene rings is 1. The molecule has 0 fully saturated rings. The minimum absolute atomic E-state index is 0.647. The summed E-state index contributed by atoms with van der Waals surface area (Å²) >= 11 is 3.29. The first kappa shape index (κ1) is 15.5. The van der Waals surface area contributed by atoms with Crippen molar-refractivity contribution in [1.29, 1.82) is 0 Å². The molecule has 2 radical (unpaired) electrons. The van der Waals surface area contributed by atoms with Crippen molar-refractivity contribution in [2.24, 2.45) is 0 Å². The van der Waals surface area contributed by atoms with Crippen LogP contribution in [-0.2, 0) is 0 Å². The molecule has 0 amide bonds. The second-order valence-electron chi connectivity index (χ2n) is 5.83. The Kier molecular flexibility index (Phi) is 5.07. The Bertz CT molecular complexity index is 529. The van der Waals surface area contributed by atoms with Gasteiger partial charge in [-0.05, 0) is 0 Å². The molecule has 0 aliphatic heterocycles. The van der Waals surface area contributed by atoms with Crippen LogP contribution in [0.25, 0.3) is 0 Å². The number of allylic oxidation sites excluding steroid dienone is 4. The monoisotopic (exact) mass is 394 g/mol. The summed E-state index contributed by atoms with van der Waals surface area (Å²) in [6.45, 7) is 9.58. The summed E-state index contributed by atoms with van der Waals surface area (Å²) in [5.74, 6) is 0. The first-order chi connectivity index (χ1) is 8.93. The summed E-state index contributed by atoms with van der Waals surface area (Å²) < 4.78 is 1.70.